The van der Waals surface area contributed by atoms with E-state index in [2.05, 4.69) is 45.0 Å². The highest BCUT2D eigenvalue weighted by atomic mass is 16.7. The van der Waals surface area contributed by atoms with Gasteiger partial charge in [0.05, 0.1) is 0 Å². The second-order valence-corrected chi connectivity index (χ2v) is 14.8. The molecule has 1 aliphatic rings. The van der Waals surface area contributed by atoms with Crippen molar-refractivity contribution in [2.24, 2.45) is 5.41 Å². The third-order valence-electron chi connectivity index (χ3n) is 8.99. The van der Waals surface area contributed by atoms with Gasteiger partial charge in [0.25, 0.3) is 0 Å². The van der Waals surface area contributed by atoms with Crippen molar-refractivity contribution in [1.82, 2.24) is 0 Å². The first-order valence-corrected chi connectivity index (χ1v) is 16.0. The van der Waals surface area contributed by atoms with E-state index in [1.54, 1.807) is 0 Å². The molecule has 2 N–H and O–H groups in total. The maximum absolute atomic E-state index is 13.5. The Bertz CT molecular complexity index is 1420. The van der Waals surface area contributed by atoms with E-state index in [0.29, 0.717) is 22.3 Å². The molecule has 1 saturated heterocycles. The third kappa shape index (κ3) is 6.26. The van der Waals surface area contributed by atoms with E-state index in [4.69, 9.17) is 9.47 Å². The average Bonchev–Trinajstić information content (AvgIpc) is 3.37. The summed E-state index contributed by atoms with van der Waals surface area (Å²) in [6, 6.07) is 24.7. The summed E-state index contributed by atoms with van der Waals surface area (Å²) < 4.78 is 13.9. The Morgan fingerprint density at radius 3 is 0.778 bits per heavy atom. The SMILES string of the molecule is Cc1cc(C)cc(C(O)(c2cc(C)cc(C)c2)[C@@H]2OC(C(C)(C)C)O[C@H]2C(O)(c2cc(C)cc(C)c2)c2cc(C)cc(C)c2)c1. The van der Waals surface area contributed by atoms with Crippen molar-refractivity contribution in [3.05, 3.63) is 140 Å². The lowest BCUT2D eigenvalue weighted by Crippen LogP contribution is -2.55. The first-order chi connectivity index (χ1) is 20.9. The Kier molecular flexibility index (Phi) is 8.69. The van der Waals surface area contributed by atoms with Crippen LogP contribution in [0, 0.1) is 60.8 Å². The van der Waals surface area contributed by atoms with Crippen LogP contribution in [0.3, 0.4) is 0 Å². The van der Waals surface area contributed by atoms with Gasteiger partial charge in [0.2, 0.25) is 0 Å². The van der Waals surface area contributed by atoms with Crippen LogP contribution in [-0.2, 0) is 20.7 Å². The molecule has 1 aliphatic heterocycles. The Balaban J connectivity index is 1.88. The van der Waals surface area contributed by atoms with Gasteiger partial charge in [-0.15, -0.1) is 0 Å². The zero-order chi connectivity index (χ0) is 33.1. The molecule has 0 unspecified atom stereocenters. The predicted octanol–water partition coefficient (Wildman–Crippen LogP) is 8.48. The number of rotatable bonds is 6. The molecule has 4 nitrogen and oxygen atoms in total. The fourth-order valence-electron chi connectivity index (χ4n) is 7.25. The minimum atomic E-state index is -1.66. The van der Waals surface area contributed by atoms with Crippen molar-refractivity contribution >= 4 is 0 Å². The van der Waals surface area contributed by atoms with Crippen LogP contribution in [0.2, 0.25) is 0 Å². The molecule has 0 radical (unpaired) electrons. The molecule has 0 bridgehead atoms. The summed E-state index contributed by atoms with van der Waals surface area (Å²) in [5, 5.41) is 26.9. The first kappa shape index (κ1) is 33.1. The van der Waals surface area contributed by atoms with Gasteiger partial charge in [0.1, 0.15) is 23.4 Å². The summed E-state index contributed by atoms with van der Waals surface area (Å²) in [5.74, 6) is 0. The molecule has 5 rings (SSSR count). The molecule has 1 fully saturated rings. The molecular formula is C41H50O4. The quantitative estimate of drug-likeness (QED) is 0.231. The van der Waals surface area contributed by atoms with E-state index in [1.165, 1.54) is 0 Å². The molecule has 0 amide bonds. The van der Waals surface area contributed by atoms with Crippen molar-refractivity contribution < 1.29 is 19.7 Å². The lowest BCUT2D eigenvalue weighted by Gasteiger charge is -2.43. The van der Waals surface area contributed by atoms with Gasteiger partial charge in [0, 0.05) is 5.41 Å². The maximum Gasteiger partial charge on any atom is 0.163 e. The lowest BCUT2D eigenvalue weighted by molar-refractivity contribution is -0.157. The minimum Gasteiger partial charge on any atom is -0.378 e. The summed E-state index contributed by atoms with van der Waals surface area (Å²) in [6.07, 6.45) is -2.65. The number of aryl methyl sites for hydroxylation is 8. The Labute approximate surface area is 270 Å². The fourth-order valence-corrected chi connectivity index (χ4v) is 7.25. The molecule has 0 spiro atoms. The van der Waals surface area contributed by atoms with E-state index >= 15 is 0 Å². The Morgan fingerprint density at radius 2 is 0.600 bits per heavy atom. The summed E-state index contributed by atoms with van der Waals surface area (Å²) in [7, 11) is 0. The number of hydrogen-bond acceptors (Lipinski definition) is 4. The van der Waals surface area contributed by atoms with E-state index in [1.807, 2.05) is 104 Å². The van der Waals surface area contributed by atoms with Crippen LogP contribution in [0.1, 0.15) is 87.5 Å². The van der Waals surface area contributed by atoms with E-state index in [-0.39, 0.29) is 0 Å². The molecule has 0 aliphatic carbocycles. The Hall–Kier alpha value is -3.28. The molecule has 238 valence electrons. The lowest BCUT2D eigenvalue weighted by atomic mass is 9.70. The molecule has 2 atom stereocenters. The highest BCUT2D eigenvalue weighted by Crippen LogP contribution is 2.51. The second kappa shape index (κ2) is 11.8. The average molecular weight is 607 g/mol. The molecule has 45 heavy (non-hydrogen) atoms. The largest absolute Gasteiger partial charge is 0.378 e. The van der Waals surface area contributed by atoms with Crippen LogP contribution in [0.5, 0.6) is 0 Å². The zero-order valence-corrected chi connectivity index (χ0v) is 28.9. The van der Waals surface area contributed by atoms with Crippen molar-refractivity contribution in [3.63, 3.8) is 0 Å². The van der Waals surface area contributed by atoms with Crippen LogP contribution in [0.4, 0.5) is 0 Å². The van der Waals surface area contributed by atoms with E-state index in [9.17, 15) is 10.2 Å². The standard InChI is InChI=1S/C41H50O4/c1-24-12-25(2)17-32(16-24)40(42,33-18-26(3)13-27(4)19-33)36-37(45-38(44-36)39(9,10)11)41(43,34-20-28(5)14-29(6)21-34)35-22-30(7)15-31(8)23-35/h12-23,36-38,42-43H,1-11H3/t36-,37-/m1/s1. The minimum absolute atomic E-state index is 0.440. The Morgan fingerprint density at radius 1 is 0.400 bits per heavy atom. The fraction of sp³-hybridized carbons (Fsp3) is 0.415. The number of hydrogen-bond donors (Lipinski definition) is 2. The number of aliphatic hydroxyl groups is 2. The van der Waals surface area contributed by atoms with Gasteiger partial charge in [-0.25, -0.2) is 0 Å². The van der Waals surface area contributed by atoms with Gasteiger partial charge in [0.15, 0.2) is 6.29 Å². The summed E-state index contributed by atoms with van der Waals surface area (Å²) >= 11 is 0. The van der Waals surface area contributed by atoms with Gasteiger partial charge in [-0.05, 0) is 77.6 Å². The van der Waals surface area contributed by atoms with E-state index in [0.717, 1.165) is 44.5 Å². The molecule has 0 aromatic heterocycles. The van der Waals surface area contributed by atoms with Crippen molar-refractivity contribution in [3.8, 4) is 0 Å². The monoisotopic (exact) mass is 606 g/mol. The van der Waals surface area contributed by atoms with Crippen molar-refractivity contribution in [2.45, 2.75) is 106 Å². The number of benzene rings is 4. The molecular weight excluding hydrogens is 556 g/mol. The summed E-state index contributed by atoms with van der Waals surface area (Å²) in [4.78, 5) is 0. The molecule has 0 saturated carbocycles. The van der Waals surface area contributed by atoms with Crippen LogP contribution >= 0.6 is 0 Å². The zero-order valence-electron chi connectivity index (χ0n) is 28.9. The third-order valence-corrected chi connectivity index (χ3v) is 8.99. The topological polar surface area (TPSA) is 58.9 Å². The second-order valence-electron chi connectivity index (χ2n) is 14.8. The highest BCUT2D eigenvalue weighted by Gasteiger charge is 2.61. The van der Waals surface area contributed by atoms with Gasteiger partial charge in [-0.1, -0.05) is 138 Å². The van der Waals surface area contributed by atoms with Gasteiger partial charge < -0.3 is 19.7 Å². The van der Waals surface area contributed by atoms with Gasteiger partial charge >= 0.3 is 0 Å². The van der Waals surface area contributed by atoms with Gasteiger partial charge in [-0.3, -0.25) is 0 Å². The van der Waals surface area contributed by atoms with Crippen molar-refractivity contribution in [2.75, 3.05) is 0 Å². The molecule has 4 heteroatoms. The molecule has 4 aromatic rings. The molecule has 4 aromatic carbocycles. The van der Waals surface area contributed by atoms with Crippen molar-refractivity contribution in [1.29, 1.82) is 0 Å². The van der Waals surface area contributed by atoms with Gasteiger partial charge in [-0.2, -0.15) is 0 Å². The highest BCUT2D eigenvalue weighted by molar-refractivity contribution is 5.49. The van der Waals surface area contributed by atoms with Crippen LogP contribution in [-0.4, -0.2) is 28.7 Å². The summed E-state index contributed by atoms with van der Waals surface area (Å²) in [6.45, 7) is 22.5. The normalized spacial score (nSPS) is 18.1. The predicted molar refractivity (Wildman–Crippen MR) is 183 cm³/mol. The summed E-state index contributed by atoms with van der Waals surface area (Å²) in [5.41, 5.74) is 7.37. The van der Waals surface area contributed by atoms with E-state index < -0.39 is 35.1 Å². The van der Waals surface area contributed by atoms with Crippen LogP contribution in [0.15, 0.2) is 72.8 Å². The first-order valence-electron chi connectivity index (χ1n) is 16.0. The smallest absolute Gasteiger partial charge is 0.163 e. The number of ether oxygens (including phenoxy) is 2. The molecule has 1 heterocycles. The van der Waals surface area contributed by atoms with Crippen LogP contribution < -0.4 is 0 Å². The maximum atomic E-state index is 13.5. The van der Waals surface area contributed by atoms with Crippen LogP contribution in [0.25, 0.3) is 0 Å².